The zero-order valence-electron chi connectivity index (χ0n) is 10.9. The van der Waals surface area contributed by atoms with Gasteiger partial charge in [-0.3, -0.25) is 4.79 Å². The summed E-state index contributed by atoms with van der Waals surface area (Å²) in [6, 6.07) is 12.4. The summed E-state index contributed by atoms with van der Waals surface area (Å²) in [6.45, 7) is 2.25. The molecule has 0 saturated heterocycles. The molecule has 0 bridgehead atoms. The lowest BCUT2D eigenvalue weighted by molar-refractivity contribution is 0.111. The van der Waals surface area contributed by atoms with Crippen molar-refractivity contribution in [2.45, 2.75) is 13.5 Å². The lowest BCUT2D eigenvalue weighted by Gasteiger charge is -2.10. The molecule has 0 amide bonds. The van der Waals surface area contributed by atoms with E-state index >= 15 is 0 Å². The molecule has 0 heterocycles. The highest BCUT2D eigenvalue weighted by atomic mass is 35.5. The average molecular weight is 286 g/mol. The maximum absolute atomic E-state index is 11.0. The minimum Gasteiger partial charge on any atom is -0.488 e. The number of aryl methyl sites for hydroxylation is 1. The van der Waals surface area contributed by atoms with Gasteiger partial charge >= 0.3 is 0 Å². The Kier molecular flexibility index (Phi) is 4.39. The number of hydrogen-bond donors (Lipinski definition) is 0. The highest BCUT2D eigenvalue weighted by molar-refractivity contribution is 6.30. The second kappa shape index (κ2) is 6.23. The topological polar surface area (TPSA) is 50.1 Å². The van der Waals surface area contributed by atoms with Crippen molar-refractivity contribution >= 4 is 17.9 Å². The van der Waals surface area contributed by atoms with E-state index in [1.165, 1.54) is 0 Å². The highest BCUT2D eigenvalue weighted by Gasteiger charge is 2.06. The van der Waals surface area contributed by atoms with Crippen LogP contribution in [0.25, 0.3) is 0 Å². The number of carbonyl (C=O) groups excluding carboxylic acids is 1. The molecule has 0 atom stereocenters. The third-order valence-corrected chi connectivity index (χ3v) is 3.19. The molecule has 0 unspecified atom stereocenters. The van der Waals surface area contributed by atoms with Gasteiger partial charge in [-0.05, 0) is 48.4 Å². The van der Waals surface area contributed by atoms with Crippen molar-refractivity contribution < 1.29 is 9.53 Å². The Labute approximate surface area is 122 Å². The summed E-state index contributed by atoms with van der Waals surface area (Å²) in [7, 11) is 0. The molecule has 0 aliphatic rings. The van der Waals surface area contributed by atoms with E-state index in [4.69, 9.17) is 21.6 Å². The summed E-state index contributed by atoms with van der Waals surface area (Å²) in [6.07, 6.45) is 0.715. The minimum absolute atomic E-state index is 0.333. The molecule has 0 saturated carbocycles. The fraction of sp³-hybridized carbons (Fsp3) is 0.125. The Bertz CT molecular complexity index is 689. The van der Waals surface area contributed by atoms with Gasteiger partial charge in [0.05, 0.1) is 17.2 Å². The van der Waals surface area contributed by atoms with E-state index in [9.17, 15) is 4.79 Å². The van der Waals surface area contributed by atoms with Crippen LogP contribution in [0, 0.1) is 18.3 Å². The fourth-order valence-electron chi connectivity index (χ4n) is 1.83. The Morgan fingerprint density at radius 1 is 1.30 bits per heavy atom. The largest absolute Gasteiger partial charge is 0.488 e. The first kappa shape index (κ1) is 14.1. The van der Waals surface area contributed by atoms with Crippen molar-refractivity contribution in [3.8, 4) is 11.8 Å². The van der Waals surface area contributed by atoms with Gasteiger partial charge in [0.1, 0.15) is 12.4 Å². The van der Waals surface area contributed by atoms with Crippen LogP contribution in [-0.4, -0.2) is 6.29 Å². The van der Waals surface area contributed by atoms with Crippen LogP contribution in [0.3, 0.4) is 0 Å². The molecule has 0 radical (unpaired) electrons. The average Bonchev–Trinajstić information content (AvgIpc) is 2.46. The van der Waals surface area contributed by atoms with Gasteiger partial charge in [0, 0.05) is 5.02 Å². The SMILES string of the molecule is Cc1cc(C#N)ccc1COc1ccc(Cl)cc1C=O. The van der Waals surface area contributed by atoms with Crippen molar-refractivity contribution in [3.63, 3.8) is 0 Å². The van der Waals surface area contributed by atoms with E-state index in [0.29, 0.717) is 34.8 Å². The van der Waals surface area contributed by atoms with Crippen LogP contribution in [0.1, 0.15) is 27.0 Å². The molecule has 100 valence electrons. The summed E-state index contributed by atoms with van der Waals surface area (Å²) in [5.74, 6) is 0.494. The zero-order valence-corrected chi connectivity index (χ0v) is 11.6. The Morgan fingerprint density at radius 2 is 2.10 bits per heavy atom. The smallest absolute Gasteiger partial charge is 0.153 e. The number of aldehydes is 1. The van der Waals surface area contributed by atoms with Crippen molar-refractivity contribution in [1.82, 2.24) is 0 Å². The van der Waals surface area contributed by atoms with Gasteiger partial charge in [-0.2, -0.15) is 5.26 Å². The molecular weight excluding hydrogens is 274 g/mol. The maximum Gasteiger partial charge on any atom is 0.153 e. The molecule has 2 rings (SSSR count). The number of rotatable bonds is 4. The third kappa shape index (κ3) is 3.17. The molecule has 0 aromatic heterocycles. The summed E-state index contributed by atoms with van der Waals surface area (Å²) >= 11 is 5.83. The normalized spacial score (nSPS) is 9.85. The Morgan fingerprint density at radius 3 is 2.75 bits per heavy atom. The van der Waals surface area contributed by atoms with E-state index < -0.39 is 0 Å². The Balaban J connectivity index is 2.17. The predicted molar refractivity (Wildman–Crippen MR) is 77.1 cm³/mol. The summed E-state index contributed by atoms with van der Waals surface area (Å²) < 4.78 is 5.65. The molecule has 4 heteroatoms. The van der Waals surface area contributed by atoms with Gasteiger partial charge in [-0.25, -0.2) is 0 Å². The Hall–Kier alpha value is -2.31. The first-order chi connectivity index (χ1) is 9.63. The molecule has 0 spiro atoms. The van der Waals surface area contributed by atoms with Crippen molar-refractivity contribution in [2.24, 2.45) is 0 Å². The van der Waals surface area contributed by atoms with Crippen LogP contribution in [0.5, 0.6) is 5.75 Å². The third-order valence-electron chi connectivity index (χ3n) is 2.95. The number of nitrogens with zero attached hydrogens (tertiary/aromatic N) is 1. The van der Waals surface area contributed by atoms with Crippen LogP contribution < -0.4 is 4.74 Å². The zero-order chi connectivity index (χ0) is 14.5. The summed E-state index contributed by atoms with van der Waals surface area (Å²) in [5, 5.41) is 9.32. The van der Waals surface area contributed by atoms with Gasteiger partial charge in [0.25, 0.3) is 0 Å². The first-order valence-corrected chi connectivity index (χ1v) is 6.39. The number of nitriles is 1. The number of benzene rings is 2. The quantitative estimate of drug-likeness (QED) is 0.800. The standard InChI is InChI=1S/C16H12ClNO2/c1-11-6-12(8-18)2-3-13(11)10-20-16-5-4-15(17)7-14(16)9-19/h2-7,9H,10H2,1H3. The van der Waals surface area contributed by atoms with Gasteiger partial charge in [0.15, 0.2) is 6.29 Å². The van der Waals surface area contributed by atoms with Crippen LogP contribution in [-0.2, 0) is 6.61 Å². The highest BCUT2D eigenvalue weighted by Crippen LogP contribution is 2.23. The minimum atomic E-state index is 0.333. The van der Waals surface area contributed by atoms with E-state index in [-0.39, 0.29) is 0 Å². The van der Waals surface area contributed by atoms with E-state index in [0.717, 1.165) is 11.1 Å². The maximum atomic E-state index is 11.0. The second-order valence-electron chi connectivity index (χ2n) is 4.34. The predicted octanol–water partition coefficient (Wildman–Crippen LogP) is 3.91. The lowest BCUT2D eigenvalue weighted by Crippen LogP contribution is -2.00. The van der Waals surface area contributed by atoms with Crippen LogP contribution in [0.2, 0.25) is 5.02 Å². The summed E-state index contributed by atoms with van der Waals surface area (Å²) in [5.41, 5.74) is 2.98. The summed E-state index contributed by atoms with van der Waals surface area (Å²) in [4.78, 5) is 11.0. The second-order valence-corrected chi connectivity index (χ2v) is 4.78. The molecular formula is C16H12ClNO2. The number of ether oxygens (including phenoxy) is 1. The number of halogens is 1. The van der Waals surface area contributed by atoms with Gasteiger partial charge < -0.3 is 4.74 Å². The first-order valence-electron chi connectivity index (χ1n) is 6.01. The molecule has 0 aliphatic heterocycles. The van der Waals surface area contributed by atoms with Gasteiger partial charge in [-0.1, -0.05) is 17.7 Å². The molecule has 0 fully saturated rings. The molecule has 3 nitrogen and oxygen atoms in total. The molecule has 2 aromatic carbocycles. The molecule has 0 aliphatic carbocycles. The van der Waals surface area contributed by atoms with Gasteiger partial charge in [0.2, 0.25) is 0 Å². The van der Waals surface area contributed by atoms with E-state index in [2.05, 4.69) is 6.07 Å². The van der Waals surface area contributed by atoms with Crippen LogP contribution in [0.4, 0.5) is 0 Å². The number of hydrogen-bond acceptors (Lipinski definition) is 3. The van der Waals surface area contributed by atoms with E-state index in [1.54, 1.807) is 30.3 Å². The van der Waals surface area contributed by atoms with Crippen molar-refractivity contribution in [1.29, 1.82) is 5.26 Å². The lowest BCUT2D eigenvalue weighted by atomic mass is 10.1. The van der Waals surface area contributed by atoms with Crippen LogP contribution >= 0.6 is 11.6 Å². The van der Waals surface area contributed by atoms with Crippen molar-refractivity contribution in [2.75, 3.05) is 0 Å². The molecule has 20 heavy (non-hydrogen) atoms. The van der Waals surface area contributed by atoms with Crippen molar-refractivity contribution in [3.05, 3.63) is 63.7 Å². The number of carbonyl (C=O) groups is 1. The monoisotopic (exact) mass is 285 g/mol. The van der Waals surface area contributed by atoms with Crippen LogP contribution in [0.15, 0.2) is 36.4 Å². The van der Waals surface area contributed by atoms with Gasteiger partial charge in [-0.15, -0.1) is 0 Å². The molecule has 0 N–H and O–H groups in total. The molecule has 2 aromatic rings. The van der Waals surface area contributed by atoms with E-state index in [1.807, 2.05) is 13.0 Å². The fourth-order valence-corrected chi connectivity index (χ4v) is 2.01.